The Labute approximate surface area is 326 Å². The van der Waals surface area contributed by atoms with E-state index in [0.717, 1.165) is 60.8 Å². The van der Waals surface area contributed by atoms with Gasteiger partial charge in [0.2, 0.25) is 12.6 Å². The fraction of sp³-hybridized carbons (Fsp3) is 0.526. The van der Waals surface area contributed by atoms with Crippen molar-refractivity contribution in [3.63, 3.8) is 0 Å². The molecular formula is C38H44O19. The Morgan fingerprint density at radius 2 is 1.23 bits per heavy atom. The van der Waals surface area contributed by atoms with Crippen molar-refractivity contribution in [1.82, 2.24) is 0 Å². The Hall–Kier alpha value is -5.82. The van der Waals surface area contributed by atoms with Crippen LogP contribution in [-0.2, 0) is 90.5 Å². The zero-order valence-corrected chi connectivity index (χ0v) is 32.1. The van der Waals surface area contributed by atoms with Crippen LogP contribution in [0.2, 0.25) is 0 Å². The summed E-state index contributed by atoms with van der Waals surface area (Å²) in [5.74, 6) is -9.50. The molecule has 0 N–H and O–H groups in total. The molecule has 1 aliphatic carbocycles. The lowest BCUT2D eigenvalue weighted by molar-refractivity contribution is -0.350. The molecule has 11 unspecified atom stereocenters. The minimum Gasteiger partial charge on any atom is -0.472 e. The van der Waals surface area contributed by atoms with E-state index in [1.54, 1.807) is 30.3 Å². The predicted octanol–water partition coefficient (Wildman–Crippen LogP) is 1.62. The Bertz CT molecular complexity index is 1740. The molecule has 11 atom stereocenters. The summed E-state index contributed by atoms with van der Waals surface area (Å²) in [4.78, 5) is 100. The Kier molecular flexibility index (Phi) is 14.9. The SMILES string of the molecule is CC(=O)OCC1OC(OC2OC=CC3C(OC(C)=O)C(OC(C)=O)C(COC(=O)/C=C/c4ccccc4)(OC(C)=O)C23)C(OC(C)=O)C(OC(C)=O)C1OC(C)=O. The summed E-state index contributed by atoms with van der Waals surface area (Å²) in [6.07, 6.45) is -7.72. The smallest absolute Gasteiger partial charge is 0.330 e. The van der Waals surface area contributed by atoms with Crippen LogP contribution in [-0.4, -0.2) is 116 Å². The van der Waals surface area contributed by atoms with Gasteiger partial charge < -0.3 is 52.1 Å². The van der Waals surface area contributed by atoms with Crippen LogP contribution < -0.4 is 0 Å². The van der Waals surface area contributed by atoms with Crippen molar-refractivity contribution in [1.29, 1.82) is 0 Å². The molecule has 19 nitrogen and oxygen atoms in total. The molecule has 0 aromatic heterocycles. The van der Waals surface area contributed by atoms with Crippen molar-refractivity contribution < 1.29 is 90.5 Å². The van der Waals surface area contributed by atoms with Crippen LogP contribution in [0.5, 0.6) is 0 Å². The highest BCUT2D eigenvalue weighted by Gasteiger charge is 2.71. The van der Waals surface area contributed by atoms with Crippen molar-refractivity contribution in [2.75, 3.05) is 13.2 Å². The molecule has 2 aliphatic heterocycles. The van der Waals surface area contributed by atoms with E-state index in [4.69, 9.17) is 52.1 Å². The van der Waals surface area contributed by atoms with Crippen LogP contribution in [0.15, 0.2) is 48.7 Å². The maximum Gasteiger partial charge on any atom is 0.330 e. The molecular weight excluding hydrogens is 760 g/mol. The summed E-state index contributed by atoms with van der Waals surface area (Å²) in [6.45, 7) is 5.99. The second-order valence-electron chi connectivity index (χ2n) is 13.1. The van der Waals surface area contributed by atoms with Crippen molar-refractivity contribution in [3.8, 4) is 0 Å². The van der Waals surface area contributed by atoms with E-state index < -0.39 is 128 Å². The third-order valence-corrected chi connectivity index (χ3v) is 8.74. The standard InChI is InChI=1S/C38H44O19/c1-19(39)48-17-28-32(51-21(3)41)33(52-22(4)42)34(53-23(5)43)37(55-28)56-36-30-27(15-16-47-36)31(50-20(2)40)35(54-24(6)44)38(30,57-25(7)45)18-49-29(46)14-13-26-11-9-8-10-12-26/h8-16,27-28,30-37H,17-18H2,1-7H3/b14-13+. The van der Waals surface area contributed by atoms with Crippen LogP contribution in [0.1, 0.15) is 54.0 Å². The summed E-state index contributed by atoms with van der Waals surface area (Å²) < 4.78 is 62.9. The van der Waals surface area contributed by atoms with E-state index in [-0.39, 0.29) is 0 Å². The number of carbonyl (C=O) groups is 8. The van der Waals surface area contributed by atoms with Gasteiger partial charge in [0.05, 0.1) is 12.2 Å². The molecule has 2 heterocycles. The zero-order valence-electron chi connectivity index (χ0n) is 32.1. The highest BCUT2D eigenvalue weighted by atomic mass is 16.8. The number of hydrogen-bond acceptors (Lipinski definition) is 19. The fourth-order valence-corrected chi connectivity index (χ4v) is 6.93. The van der Waals surface area contributed by atoms with Crippen molar-refractivity contribution in [2.24, 2.45) is 11.8 Å². The Morgan fingerprint density at radius 1 is 0.649 bits per heavy atom. The lowest BCUT2D eigenvalue weighted by Gasteiger charge is -2.46. The van der Waals surface area contributed by atoms with Crippen LogP contribution in [0.25, 0.3) is 6.08 Å². The average molecular weight is 805 g/mol. The summed E-state index contributed by atoms with van der Waals surface area (Å²) in [6, 6.07) is 8.74. The van der Waals surface area contributed by atoms with Gasteiger partial charge in [0, 0.05) is 60.5 Å². The largest absolute Gasteiger partial charge is 0.472 e. The molecule has 57 heavy (non-hydrogen) atoms. The van der Waals surface area contributed by atoms with Crippen molar-refractivity contribution in [2.45, 2.75) is 103 Å². The topological polar surface area (TPSA) is 238 Å². The minimum atomic E-state index is -2.23. The first-order valence-electron chi connectivity index (χ1n) is 17.6. The second-order valence-corrected chi connectivity index (χ2v) is 13.1. The maximum absolute atomic E-state index is 13.2. The third kappa shape index (κ3) is 11.4. The molecule has 1 aromatic rings. The summed E-state index contributed by atoms with van der Waals surface area (Å²) in [5.41, 5.74) is -1.58. The molecule has 0 spiro atoms. The average Bonchev–Trinajstić information content (AvgIpc) is 3.35. The number of hydrogen-bond donors (Lipinski definition) is 0. The number of carbonyl (C=O) groups excluding carboxylic acids is 8. The zero-order chi connectivity index (χ0) is 42.0. The predicted molar refractivity (Wildman–Crippen MR) is 186 cm³/mol. The van der Waals surface area contributed by atoms with Crippen LogP contribution in [0, 0.1) is 11.8 Å². The van der Waals surface area contributed by atoms with Crippen LogP contribution >= 0.6 is 0 Å². The normalized spacial score (nSPS) is 30.1. The van der Waals surface area contributed by atoms with Crippen LogP contribution in [0.3, 0.4) is 0 Å². The Balaban J connectivity index is 1.84. The first-order valence-corrected chi connectivity index (χ1v) is 17.6. The molecule has 0 bridgehead atoms. The van der Waals surface area contributed by atoms with Crippen molar-refractivity contribution >= 4 is 53.8 Å². The second kappa shape index (κ2) is 19.4. The molecule has 2 fully saturated rings. The highest BCUT2D eigenvalue weighted by molar-refractivity contribution is 5.87. The molecule has 1 saturated carbocycles. The fourth-order valence-electron chi connectivity index (χ4n) is 6.93. The highest BCUT2D eigenvalue weighted by Crippen LogP contribution is 2.52. The molecule has 1 aromatic carbocycles. The molecule has 310 valence electrons. The molecule has 1 saturated heterocycles. The van der Waals surface area contributed by atoms with Crippen LogP contribution in [0.4, 0.5) is 0 Å². The molecule has 0 radical (unpaired) electrons. The maximum atomic E-state index is 13.2. The van der Waals surface area contributed by atoms with Gasteiger partial charge in [-0.2, -0.15) is 0 Å². The third-order valence-electron chi connectivity index (χ3n) is 8.74. The van der Waals surface area contributed by atoms with Gasteiger partial charge in [0.15, 0.2) is 30.0 Å². The summed E-state index contributed by atoms with van der Waals surface area (Å²) in [5, 5.41) is 0. The van der Waals surface area contributed by atoms with Gasteiger partial charge in [0.25, 0.3) is 0 Å². The van der Waals surface area contributed by atoms with E-state index >= 15 is 0 Å². The minimum absolute atomic E-state index is 0.581. The van der Waals surface area contributed by atoms with E-state index in [1.807, 2.05) is 0 Å². The number of ether oxygens (including phenoxy) is 11. The molecule has 4 rings (SSSR count). The van der Waals surface area contributed by atoms with E-state index in [1.165, 1.54) is 12.2 Å². The van der Waals surface area contributed by atoms with Gasteiger partial charge in [-0.1, -0.05) is 30.3 Å². The van der Waals surface area contributed by atoms with Gasteiger partial charge in [-0.15, -0.1) is 0 Å². The number of esters is 8. The van der Waals surface area contributed by atoms with E-state index in [0.29, 0.717) is 5.56 Å². The first-order chi connectivity index (χ1) is 26.9. The number of rotatable bonds is 14. The first kappa shape index (κ1) is 43.9. The van der Waals surface area contributed by atoms with E-state index in [9.17, 15) is 38.4 Å². The van der Waals surface area contributed by atoms with Crippen molar-refractivity contribution in [3.05, 3.63) is 54.3 Å². The molecule has 3 aliphatic rings. The molecule has 0 amide bonds. The van der Waals surface area contributed by atoms with Gasteiger partial charge in [-0.05, 0) is 17.7 Å². The summed E-state index contributed by atoms with van der Waals surface area (Å²) in [7, 11) is 0. The summed E-state index contributed by atoms with van der Waals surface area (Å²) >= 11 is 0. The lowest BCUT2D eigenvalue weighted by atomic mass is 9.83. The Morgan fingerprint density at radius 3 is 1.81 bits per heavy atom. The van der Waals surface area contributed by atoms with E-state index in [2.05, 4.69) is 0 Å². The lowest BCUT2D eigenvalue weighted by Crippen LogP contribution is -2.64. The number of benzene rings is 1. The van der Waals surface area contributed by atoms with Gasteiger partial charge in [-0.3, -0.25) is 33.6 Å². The molecule has 19 heteroatoms. The monoisotopic (exact) mass is 804 g/mol. The van der Waals surface area contributed by atoms with Gasteiger partial charge in [-0.25, -0.2) is 4.79 Å². The quantitative estimate of drug-likeness (QED) is 0.147. The number of fused-ring (bicyclic) bond motifs is 1. The van der Waals surface area contributed by atoms with Gasteiger partial charge in [0.1, 0.15) is 25.4 Å². The van der Waals surface area contributed by atoms with Gasteiger partial charge >= 0.3 is 47.8 Å².